The number of aromatic nitrogens is 2. The largest absolute Gasteiger partial charge is 0.408 e. The van der Waals surface area contributed by atoms with Crippen molar-refractivity contribution in [1.82, 2.24) is 20.4 Å². The van der Waals surface area contributed by atoms with Crippen molar-refractivity contribution in [1.29, 1.82) is 0 Å². The monoisotopic (exact) mass is 293 g/mol. The molecule has 0 aromatic carbocycles. The summed E-state index contributed by atoms with van der Waals surface area (Å²) in [4.78, 5) is 14.4. The van der Waals surface area contributed by atoms with Crippen LogP contribution < -0.4 is 10.6 Å². The van der Waals surface area contributed by atoms with Gasteiger partial charge in [-0.25, -0.2) is 0 Å². The fourth-order valence-corrected chi connectivity index (χ4v) is 3.33. The fraction of sp³-hybridized carbons (Fsp3) is 0.786. The number of hydrogen-bond donors (Lipinski definition) is 2. The number of nitrogens with one attached hydrogen (secondary N) is 2. The Morgan fingerprint density at radius 2 is 2.29 bits per heavy atom. The van der Waals surface area contributed by atoms with Crippen molar-refractivity contribution in [3.8, 4) is 0 Å². The molecule has 2 N–H and O–H groups in total. The Morgan fingerprint density at radius 1 is 1.48 bits per heavy atom. The molecule has 0 saturated carbocycles. The Hall–Kier alpha value is -1.47. The van der Waals surface area contributed by atoms with Gasteiger partial charge in [0, 0.05) is 18.5 Å². The van der Waals surface area contributed by atoms with Gasteiger partial charge in [0.15, 0.2) is 0 Å². The smallest absolute Gasteiger partial charge is 0.322 e. The molecule has 0 spiro atoms. The Labute approximate surface area is 124 Å². The number of anilines is 1. The number of amides is 1. The van der Waals surface area contributed by atoms with E-state index in [9.17, 15) is 4.79 Å². The van der Waals surface area contributed by atoms with Crippen LogP contribution in [-0.2, 0) is 4.79 Å². The molecule has 2 aliphatic heterocycles. The van der Waals surface area contributed by atoms with Crippen LogP contribution in [0.25, 0.3) is 0 Å². The molecule has 2 fully saturated rings. The first-order valence-corrected chi connectivity index (χ1v) is 7.62. The minimum atomic E-state index is -0.0891. The molecule has 3 heterocycles. The highest BCUT2D eigenvalue weighted by Crippen LogP contribution is 2.31. The molecule has 3 rings (SSSR count). The molecule has 0 bridgehead atoms. The highest BCUT2D eigenvalue weighted by Gasteiger charge is 2.42. The van der Waals surface area contributed by atoms with Gasteiger partial charge in [-0.3, -0.25) is 15.0 Å². The van der Waals surface area contributed by atoms with Crippen LogP contribution in [0.2, 0.25) is 0 Å². The summed E-state index contributed by atoms with van der Waals surface area (Å²) < 4.78 is 5.40. The third-order valence-corrected chi connectivity index (χ3v) is 4.58. The van der Waals surface area contributed by atoms with Crippen LogP contribution in [0, 0.1) is 11.8 Å². The third kappa shape index (κ3) is 2.94. The van der Waals surface area contributed by atoms with Gasteiger partial charge in [-0.2, -0.15) is 0 Å². The fourth-order valence-electron chi connectivity index (χ4n) is 3.33. The van der Waals surface area contributed by atoms with Gasteiger partial charge < -0.3 is 9.73 Å². The van der Waals surface area contributed by atoms with Gasteiger partial charge in [-0.1, -0.05) is 18.9 Å². The van der Waals surface area contributed by atoms with Crippen LogP contribution in [0.3, 0.4) is 0 Å². The summed E-state index contributed by atoms with van der Waals surface area (Å²) >= 11 is 0. The first kappa shape index (κ1) is 14.5. The van der Waals surface area contributed by atoms with Crippen LogP contribution in [0.1, 0.15) is 32.6 Å². The maximum atomic E-state index is 12.1. The second-order valence-electron chi connectivity index (χ2n) is 6.40. The first-order valence-electron chi connectivity index (χ1n) is 7.62. The summed E-state index contributed by atoms with van der Waals surface area (Å²) in [7, 11) is 0. The predicted octanol–water partition coefficient (Wildman–Crippen LogP) is 0.671. The molecule has 7 heteroatoms. The average Bonchev–Trinajstić information content (AvgIpc) is 3.10. The van der Waals surface area contributed by atoms with E-state index in [0.717, 1.165) is 19.6 Å². The van der Waals surface area contributed by atoms with Crippen molar-refractivity contribution in [2.24, 2.45) is 11.8 Å². The van der Waals surface area contributed by atoms with E-state index in [0.29, 0.717) is 30.3 Å². The number of carbonyl (C=O) groups excluding carboxylic acids is 1. The zero-order chi connectivity index (χ0) is 15.0. The van der Waals surface area contributed by atoms with Crippen molar-refractivity contribution < 1.29 is 9.21 Å². The summed E-state index contributed by atoms with van der Waals surface area (Å²) in [6.07, 6.45) is 0. The number of rotatable bonds is 4. The second-order valence-corrected chi connectivity index (χ2v) is 6.40. The summed E-state index contributed by atoms with van der Waals surface area (Å²) in [5.41, 5.74) is 0. The third-order valence-electron chi connectivity index (χ3n) is 4.58. The van der Waals surface area contributed by atoms with Crippen LogP contribution >= 0.6 is 0 Å². The minimum Gasteiger partial charge on any atom is -0.408 e. The molecule has 21 heavy (non-hydrogen) atoms. The van der Waals surface area contributed by atoms with E-state index in [2.05, 4.69) is 32.7 Å². The lowest BCUT2D eigenvalue weighted by Crippen LogP contribution is -2.38. The second kappa shape index (κ2) is 5.73. The van der Waals surface area contributed by atoms with E-state index in [-0.39, 0.29) is 17.8 Å². The molecule has 3 unspecified atom stereocenters. The number of fused-ring (bicyclic) bond motifs is 1. The molecule has 3 atom stereocenters. The minimum absolute atomic E-state index is 0.0891. The number of likely N-dealkylation sites (tertiary alicyclic amines) is 1. The van der Waals surface area contributed by atoms with E-state index < -0.39 is 0 Å². The molecule has 2 saturated heterocycles. The molecule has 1 amide bonds. The quantitative estimate of drug-likeness (QED) is 0.849. The molecule has 7 nitrogen and oxygen atoms in total. The Kier molecular flexibility index (Phi) is 3.95. The lowest BCUT2D eigenvalue weighted by Gasteiger charge is -2.23. The number of nitrogens with zero attached hydrogens (tertiary/aromatic N) is 3. The molecule has 1 aromatic rings. The highest BCUT2D eigenvalue weighted by atomic mass is 16.4. The van der Waals surface area contributed by atoms with Gasteiger partial charge >= 0.3 is 6.01 Å². The van der Waals surface area contributed by atoms with Gasteiger partial charge in [0.1, 0.15) is 0 Å². The van der Waals surface area contributed by atoms with Crippen molar-refractivity contribution in [2.45, 2.75) is 32.7 Å². The molecule has 0 aliphatic carbocycles. The van der Waals surface area contributed by atoms with Crippen molar-refractivity contribution in [2.75, 3.05) is 31.5 Å². The lowest BCUT2D eigenvalue weighted by molar-refractivity contribution is -0.117. The zero-order valence-corrected chi connectivity index (χ0v) is 12.8. The molecular weight excluding hydrogens is 270 g/mol. The SMILES string of the molecule is CC(C)c1nnc(NC(=O)CN2CC3CNCC3C2C)o1. The lowest BCUT2D eigenvalue weighted by atomic mass is 9.95. The zero-order valence-electron chi connectivity index (χ0n) is 12.8. The van der Waals surface area contributed by atoms with Gasteiger partial charge in [-0.05, 0) is 31.8 Å². The van der Waals surface area contributed by atoms with Gasteiger partial charge in [0.2, 0.25) is 11.8 Å². The molecule has 2 aliphatic rings. The Balaban J connectivity index is 1.54. The summed E-state index contributed by atoms with van der Waals surface area (Å²) in [6, 6.07) is 0.627. The molecule has 0 radical (unpaired) electrons. The topological polar surface area (TPSA) is 83.3 Å². The van der Waals surface area contributed by atoms with Crippen molar-refractivity contribution >= 4 is 11.9 Å². The molecule has 1 aromatic heterocycles. The normalized spacial score (nSPS) is 29.0. The van der Waals surface area contributed by atoms with Crippen molar-refractivity contribution in [3.05, 3.63) is 5.89 Å². The van der Waals surface area contributed by atoms with E-state index in [1.165, 1.54) is 0 Å². The van der Waals surface area contributed by atoms with Gasteiger partial charge in [-0.15, -0.1) is 5.10 Å². The molecule has 116 valence electrons. The standard InChI is InChI=1S/C14H23N5O2/c1-8(2)13-17-18-14(21-13)16-12(20)7-19-6-10-4-15-5-11(10)9(19)3/h8-11,15H,4-7H2,1-3H3,(H,16,18,20). The van der Waals surface area contributed by atoms with Crippen LogP contribution in [-0.4, -0.2) is 53.2 Å². The van der Waals surface area contributed by atoms with Gasteiger partial charge in [0.25, 0.3) is 0 Å². The van der Waals surface area contributed by atoms with E-state index in [4.69, 9.17) is 4.42 Å². The summed E-state index contributed by atoms with van der Waals surface area (Å²) in [5.74, 6) is 1.94. The summed E-state index contributed by atoms with van der Waals surface area (Å²) in [6.45, 7) is 9.63. The number of carbonyl (C=O) groups is 1. The predicted molar refractivity (Wildman–Crippen MR) is 77.9 cm³/mol. The van der Waals surface area contributed by atoms with E-state index in [1.54, 1.807) is 0 Å². The van der Waals surface area contributed by atoms with Crippen LogP contribution in [0.15, 0.2) is 4.42 Å². The highest BCUT2D eigenvalue weighted by molar-refractivity contribution is 5.90. The Morgan fingerprint density at radius 3 is 2.95 bits per heavy atom. The maximum Gasteiger partial charge on any atom is 0.322 e. The van der Waals surface area contributed by atoms with Crippen LogP contribution in [0.4, 0.5) is 6.01 Å². The van der Waals surface area contributed by atoms with Gasteiger partial charge in [0.05, 0.1) is 6.54 Å². The Bertz CT molecular complexity index is 515. The number of hydrogen-bond acceptors (Lipinski definition) is 6. The van der Waals surface area contributed by atoms with Crippen molar-refractivity contribution in [3.63, 3.8) is 0 Å². The van der Waals surface area contributed by atoms with E-state index >= 15 is 0 Å². The van der Waals surface area contributed by atoms with E-state index in [1.807, 2.05) is 13.8 Å². The summed E-state index contributed by atoms with van der Waals surface area (Å²) in [5, 5.41) is 13.9. The van der Waals surface area contributed by atoms with Crippen LogP contribution in [0.5, 0.6) is 0 Å². The first-order chi connectivity index (χ1) is 10.0. The molecular formula is C14H23N5O2. The maximum absolute atomic E-state index is 12.1. The average molecular weight is 293 g/mol.